The van der Waals surface area contributed by atoms with Crippen LogP contribution in [0.5, 0.6) is 5.75 Å². The maximum absolute atomic E-state index is 13.5. The molecule has 2 rings (SSSR count). The molecule has 0 saturated carbocycles. The summed E-state index contributed by atoms with van der Waals surface area (Å²) in [5.41, 5.74) is -0.448. The molecule has 0 fully saturated rings. The molecule has 7 nitrogen and oxygen atoms in total. The highest BCUT2D eigenvalue weighted by Gasteiger charge is 2.53. The fourth-order valence-electron chi connectivity index (χ4n) is 3.89. The molecule has 2 aromatic rings. The van der Waals surface area contributed by atoms with E-state index in [2.05, 4.69) is 6.58 Å². The number of ether oxygens (including phenoxy) is 4. The lowest BCUT2D eigenvalue weighted by Gasteiger charge is -2.46. The zero-order chi connectivity index (χ0) is 26.1. The quantitative estimate of drug-likeness (QED) is 0.326. The maximum Gasteiger partial charge on any atom is 0.337 e. The van der Waals surface area contributed by atoms with Crippen LogP contribution in [-0.4, -0.2) is 54.8 Å². The first-order valence-corrected chi connectivity index (χ1v) is 11.5. The Hall–Kier alpha value is -3.16. The predicted molar refractivity (Wildman–Crippen MR) is 135 cm³/mol. The number of amides is 1. The van der Waals surface area contributed by atoms with E-state index in [0.29, 0.717) is 5.75 Å². The summed E-state index contributed by atoms with van der Waals surface area (Å²) in [6, 6.07) is 16.9. The van der Waals surface area contributed by atoms with Crippen LogP contribution < -0.4 is 4.74 Å². The van der Waals surface area contributed by atoms with Crippen LogP contribution in [-0.2, 0) is 37.0 Å². The predicted octanol–water partition coefficient (Wildman–Crippen LogP) is 4.54. The fourth-order valence-corrected chi connectivity index (χ4v) is 3.89. The maximum atomic E-state index is 13.5. The molecule has 2 aromatic carbocycles. The highest BCUT2D eigenvalue weighted by Crippen LogP contribution is 2.31. The fraction of sp³-hybridized carbons (Fsp3) is 0.429. The molecule has 190 valence electrons. The topological polar surface area (TPSA) is 74.3 Å². The molecule has 0 saturated heterocycles. The normalized spacial score (nSPS) is 13.9. The van der Waals surface area contributed by atoms with Crippen molar-refractivity contribution in [3.8, 4) is 5.75 Å². The third kappa shape index (κ3) is 7.41. The minimum absolute atomic E-state index is 0.108. The standard InChI is InChI=1S/C28H37NO6/c1-8-25(30)29(18-22-14-16-24(32-6)17-15-22)28(26(31)33-7,21(2)35-27(3,4)5)20-34-19-23-12-10-9-11-13-23/h8-17,21H,1,18-20H2,2-7H3/t21-,28-/m1/s1. The zero-order valence-corrected chi connectivity index (χ0v) is 21.6. The van der Waals surface area contributed by atoms with Gasteiger partial charge in [0.05, 0.1) is 39.1 Å². The van der Waals surface area contributed by atoms with Crippen LogP contribution in [0, 0.1) is 0 Å². The number of nitrogens with zero attached hydrogens (tertiary/aromatic N) is 1. The van der Waals surface area contributed by atoms with Crippen LogP contribution in [0.4, 0.5) is 0 Å². The third-order valence-corrected chi connectivity index (χ3v) is 5.60. The molecular formula is C28H37NO6. The molecular weight excluding hydrogens is 446 g/mol. The number of hydrogen-bond donors (Lipinski definition) is 0. The van der Waals surface area contributed by atoms with Gasteiger partial charge in [-0.1, -0.05) is 49.0 Å². The number of benzene rings is 2. The molecule has 0 aliphatic carbocycles. The van der Waals surface area contributed by atoms with Crippen molar-refractivity contribution in [3.63, 3.8) is 0 Å². The van der Waals surface area contributed by atoms with Crippen molar-refractivity contribution in [1.29, 1.82) is 0 Å². The van der Waals surface area contributed by atoms with Gasteiger partial charge in [-0.15, -0.1) is 0 Å². The molecule has 0 bridgehead atoms. The minimum atomic E-state index is -1.58. The molecule has 0 aromatic heterocycles. The smallest absolute Gasteiger partial charge is 0.337 e. The van der Waals surface area contributed by atoms with Crippen molar-refractivity contribution in [2.24, 2.45) is 0 Å². The summed E-state index contributed by atoms with van der Waals surface area (Å²) in [6.07, 6.45) is 0.412. The van der Waals surface area contributed by atoms with Crippen LogP contribution in [0.3, 0.4) is 0 Å². The van der Waals surface area contributed by atoms with Crippen molar-refractivity contribution < 1.29 is 28.5 Å². The number of methoxy groups -OCH3 is 2. The lowest BCUT2D eigenvalue weighted by Crippen LogP contribution is -2.67. The van der Waals surface area contributed by atoms with Gasteiger partial charge in [0.25, 0.3) is 0 Å². The molecule has 0 unspecified atom stereocenters. The lowest BCUT2D eigenvalue weighted by atomic mass is 9.89. The van der Waals surface area contributed by atoms with Gasteiger partial charge in [-0.25, -0.2) is 4.79 Å². The van der Waals surface area contributed by atoms with E-state index in [1.807, 2.05) is 63.2 Å². The Morgan fingerprint density at radius 2 is 1.63 bits per heavy atom. The largest absolute Gasteiger partial charge is 0.497 e. The van der Waals surface area contributed by atoms with Gasteiger partial charge < -0.3 is 23.8 Å². The summed E-state index contributed by atoms with van der Waals surface area (Å²) in [4.78, 5) is 28.2. The molecule has 0 N–H and O–H groups in total. The van der Waals surface area contributed by atoms with Gasteiger partial charge in [0, 0.05) is 6.54 Å². The summed E-state index contributed by atoms with van der Waals surface area (Å²) in [6.45, 7) is 11.3. The molecule has 0 aliphatic heterocycles. The van der Waals surface area contributed by atoms with E-state index in [1.54, 1.807) is 26.2 Å². The van der Waals surface area contributed by atoms with Gasteiger partial charge in [-0.2, -0.15) is 0 Å². The monoisotopic (exact) mass is 483 g/mol. The zero-order valence-electron chi connectivity index (χ0n) is 21.6. The first kappa shape index (κ1) is 28.1. The van der Waals surface area contributed by atoms with Crippen LogP contribution in [0.2, 0.25) is 0 Å². The first-order valence-electron chi connectivity index (χ1n) is 11.5. The Balaban J connectivity index is 2.54. The number of carbonyl (C=O) groups is 2. The number of carbonyl (C=O) groups excluding carboxylic acids is 2. The molecule has 0 spiro atoms. The van der Waals surface area contributed by atoms with Crippen molar-refractivity contribution in [3.05, 3.63) is 78.4 Å². The van der Waals surface area contributed by atoms with Crippen LogP contribution in [0.1, 0.15) is 38.8 Å². The third-order valence-electron chi connectivity index (χ3n) is 5.60. The summed E-state index contributed by atoms with van der Waals surface area (Å²) in [5, 5.41) is 0. The minimum Gasteiger partial charge on any atom is -0.497 e. The molecule has 0 heterocycles. The van der Waals surface area contributed by atoms with Crippen molar-refractivity contribution in [1.82, 2.24) is 4.90 Å². The Morgan fingerprint density at radius 3 is 2.14 bits per heavy atom. The molecule has 0 aliphatic rings. The first-order chi connectivity index (χ1) is 16.6. The van der Waals surface area contributed by atoms with Gasteiger partial charge in [0.15, 0.2) is 5.54 Å². The van der Waals surface area contributed by atoms with Gasteiger partial charge in [-0.05, 0) is 57.0 Å². The second-order valence-electron chi connectivity index (χ2n) is 9.24. The van der Waals surface area contributed by atoms with E-state index < -0.39 is 29.1 Å². The number of esters is 1. The van der Waals surface area contributed by atoms with Gasteiger partial charge in [0.1, 0.15) is 5.75 Å². The van der Waals surface area contributed by atoms with Gasteiger partial charge in [0.2, 0.25) is 5.91 Å². The average molecular weight is 484 g/mol. The SMILES string of the molecule is C=CC(=O)N(Cc1ccc(OC)cc1)[C@@](COCc1ccccc1)(C(=O)OC)[C@@H](C)OC(C)(C)C. The lowest BCUT2D eigenvalue weighted by molar-refractivity contribution is -0.191. The van der Waals surface area contributed by atoms with Gasteiger partial charge in [-0.3, -0.25) is 4.79 Å². The average Bonchev–Trinajstić information content (AvgIpc) is 2.84. The second kappa shape index (κ2) is 12.5. The Morgan fingerprint density at radius 1 is 1.00 bits per heavy atom. The van der Waals surface area contributed by atoms with E-state index >= 15 is 0 Å². The molecule has 0 radical (unpaired) electrons. The summed E-state index contributed by atoms with van der Waals surface area (Å²) in [5.74, 6) is -0.393. The number of hydrogen-bond acceptors (Lipinski definition) is 6. The van der Waals surface area contributed by atoms with Crippen molar-refractivity contribution in [2.75, 3.05) is 20.8 Å². The second-order valence-corrected chi connectivity index (χ2v) is 9.24. The van der Waals surface area contributed by atoms with Crippen LogP contribution >= 0.6 is 0 Å². The Bertz CT molecular complexity index is 967. The Kier molecular flexibility index (Phi) is 10.0. The summed E-state index contributed by atoms with van der Waals surface area (Å²) < 4.78 is 22.8. The Labute approximate surface area is 208 Å². The van der Waals surface area contributed by atoms with Crippen LogP contribution in [0.25, 0.3) is 0 Å². The molecule has 7 heteroatoms. The summed E-state index contributed by atoms with van der Waals surface area (Å²) in [7, 11) is 2.88. The molecule has 1 amide bonds. The van der Waals surface area contributed by atoms with E-state index in [9.17, 15) is 9.59 Å². The van der Waals surface area contributed by atoms with Crippen molar-refractivity contribution in [2.45, 2.75) is 58.1 Å². The van der Waals surface area contributed by atoms with Crippen molar-refractivity contribution >= 4 is 11.9 Å². The van der Waals surface area contributed by atoms with E-state index in [0.717, 1.165) is 11.1 Å². The van der Waals surface area contributed by atoms with Gasteiger partial charge >= 0.3 is 5.97 Å². The van der Waals surface area contributed by atoms with Crippen LogP contribution in [0.15, 0.2) is 67.3 Å². The summed E-state index contributed by atoms with van der Waals surface area (Å²) >= 11 is 0. The molecule has 2 atom stereocenters. The highest BCUT2D eigenvalue weighted by molar-refractivity contribution is 5.94. The molecule has 35 heavy (non-hydrogen) atoms. The van der Waals surface area contributed by atoms with E-state index in [1.165, 1.54) is 18.1 Å². The van der Waals surface area contributed by atoms with E-state index in [4.69, 9.17) is 18.9 Å². The highest BCUT2D eigenvalue weighted by atomic mass is 16.5. The van der Waals surface area contributed by atoms with E-state index in [-0.39, 0.29) is 19.8 Å². The number of rotatable bonds is 12.